The van der Waals surface area contributed by atoms with Crippen LogP contribution in [0.15, 0.2) is 54.9 Å². The zero-order chi connectivity index (χ0) is 16.9. The molecule has 5 nitrogen and oxygen atoms in total. The quantitative estimate of drug-likeness (QED) is 0.690. The first-order valence-corrected chi connectivity index (χ1v) is 7.85. The van der Waals surface area contributed by atoms with Crippen molar-refractivity contribution in [3.05, 3.63) is 71.3 Å². The Bertz CT molecular complexity index is 867. The van der Waals surface area contributed by atoms with Gasteiger partial charge in [0.25, 0.3) is 0 Å². The minimum Gasteiger partial charge on any atom is -0.332 e. The lowest BCUT2D eigenvalue weighted by molar-refractivity contribution is 0.628. The van der Waals surface area contributed by atoms with Crippen LogP contribution in [-0.4, -0.2) is 19.9 Å². The van der Waals surface area contributed by atoms with Gasteiger partial charge in [0.2, 0.25) is 5.95 Å². The van der Waals surface area contributed by atoms with E-state index in [1.165, 1.54) is 12.1 Å². The van der Waals surface area contributed by atoms with Crippen molar-refractivity contribution in [2.24, 2.45) is 0 Å². The van der Waals surface area contributed by atoms with Crippen LogP contribution in [0.25, 0.3) is 0 Å². The SMILES string of the molecule is Fc1cccc(NC(=S)Nc2ncn(Cc3ccccc3Cl)n2)c1. The number of nitrogens with one attached hydrogen (secondary N) is 2. The Labute approximate surface area is 148 Å². The standard InChI is InChI=1S/C16H13ClFN5S/c17-14-7-2-1-4-11(14)9-23-10-19-15(22-23)21-16(24)20-13-6-3-5-12(18)8-13/h1-8,10H,9H2,(H2,20,21,22,24). The summed E-state index contributed by atoms with van der Waals surface area (Å²) in [5, 5.41) is 10.9. The summed E-state index contributed by atoms with van der Waals surface area (Å²) in [6.07, 6.45) is 1.58. The van der Waals surface area contributed by atoms with Crippen molar-refractivity contribution in [3.63, 3.8) is 0 Å². The third-order valence-corrected chi connectivity index (χ3v) is 3.71. The van der Waals surface area contributed by atoms with Crippen molar-refractivity contribution in [1.29, 1.82) is 0 Å². The third-order valence-electron chi connectivity index (χ3n) is 3.13. The van der Waals surface area contributed by atoms with E-state index in [0.717, 1.165) is 5.56 Å². The number of hydrogen-bond acceptors (Lipinski definition) is 3. The molecule has 3 rings (SSSR count). The molecule has 0 atom stereocenters. The molecule has 8 heteroatoms. The predicted molar refractivity (Wildman–Crippen MR) is 96.8 cm³/mol. The monoisotopic (exact) mass is 361 g/mol. The number of benzene rings is 2. The highest BCUT2D eigenvalue weighted by Gasteiger charge is 2.06. The normalized spacial score (nSPS) is 10.4. The van der Waals surface area contributed by atoms with Crippen molar-refractivity contribution in [1.82, 2.24) is 14.8 Å². The van der Waals surface area contributed by atoms with Gasteiger partial charge in [-0.25, -0.2) is 14.1 Å². The summed E-state index contributed by atoms with van der Waals surface area (Å²) in [6, 6.07) is 13.5. The minimum absolute atomic E-state index is 0.274. The summed E-state index contributed by atoms with van der Waals surface area (Å²) in [5.41, 5.74) is 1.49. The van der Waals surface area contributed by atoms with E-state index in [9.17, 15) is 4.39 Å². The van der Waals surface area contributed by atoms with Crippen LogP contribution in [0, 0.1) is 5.82 Å². The van der Waals surface area contributed by atoms with E-state index in [1.807, 2.05) is 24.3 Å². The van der Waals surface area contributed by atoms with Gasteiger partial charge in [-0.3, -0.25) is 5.32 Å². The second-order valence-electron chi connectivity index (χ2n) is 4.95. The molecule has 0 amide bonds. The largest absolute Gasteiger partial charge is 0.332 e. The Hall–Kier alpha value is -2.51. The number of anilines is 2. The Morgan fingerprint density at radius 3 is 2.79 bits per heavy atom. The molecule has 2 N–H and O–H groups in total. The number of thiocarbonyl (C=S) groups is 1. The summed E-state index contributed by atoms with van der Waals surface area (Å²) in [7, 11) is 0. The maximum atomic E-state index is 13.1. The summed E-state index contributed by atoms with van der Waals surface area (Å²) >= 11 is 11.3. The van der Waals surface area contributed by atoms with Gasteiger partial charge >= 0.3 is 0 Å². The highest BCUT2D eigenvalue weighted by molar-refractivity contribution is 7.80. The van der Waals surface area contributed by atoms with Gasteiger partial charge in [-0.2, -0.15) is 0 Å². The van der Waals surface area contributed by atoms with Crippen LogP contribution in [0.5, 0.6) is 0 Å². The summed E-state index contributed by atoms with van der Waals surface area (Å²) in [6.45, 7) is 0.498. The van der Waals surface area contributed by atoms with Gasteiger partial charge in [0.1, 0.15) is 12.1 Å². The van der Waals surface area contributed by atoms with Crippen molar-refractivity contribution in [3.8, 4) is 0 Å². The van der Waals surface area contributed by atoms with E-state index < -0.39 is 0 Å². The van der Waals surface area contributed by atoms with Crippen LogP contribution in [0.2, 0.25) is 5.02 Å². The molecule has 0 saturated heterocycles. The van der Waals surface area contributed by atoms with Crippen molar-refractivity contribution in [2.75, 3.05) is 10.6 Å². The first-order valence-electron chi connectivity index (χ1n) is 7.06. The first kappa shape index (κ1) is 16.4. The van der Waals surface area contributed by atoms with Crippen LogP contribution in [0.1, 0.15) is 5.56 Å². The topological polar surface area (TPSA) is 54.8 Å². The molecule has 0 fully saturated rings. The number of halogens is 2. The smallest absolute Gasteiger partial charge is 0.248 e. The van der Waals surface area contributed by atoms with Crippen LogP contribution in [0.3, 0.4) is 0 Å². The molecule has 122 valence electrons. The minimum atomic E-state index is -0.343. The molecule has 0 saturated carbocycles. The van der Waals surface area contributed by atoms with Crippen LogP contribution in [0.4, 0.5) is 16.0 Å². The van der Waals surface area contributed by atoms with Crippen LogP contribution in [-0.2, 0) is 6.54 Å². The van der Waals surface area contributed by atoms with E-state index in [-0.39, 0.29) is 10.9 Å². The van der Waals surface area contributed by atoms with Crippen molar-refractivity contribution >= 4 is 40.6 Å². The molecule has 1 aromatic heterocycles. The number of hydrogen-bond donors (Lipinski definition) is 2. The molecule has 1 heterocycles. The number of rotatable bonds is 4. The second kappa shape index (κ2) is 7.37. The fourth-order valence-corrected chi connectivity index (χ4v) is 2.46. The van der Waals surface area contributed by atoms with Crippen molar-refractivity contribution < 1.29 is 4.39 Å². The van der Waals surface area contributed by atoms with Crippen molar-refractivity contribution in [2.45, 2.75) is 6.54 Å². The van der Waals surface area contributed by atoms with Gasteiger partial charge in [-0.1, -0.05) is 35.9 Å². The molecular formula is C16H13ClFN5S. The lowest BCUT2D eigenvalue weighted by Crippen LogP contribution is -2.20. The molecule has 0 aliphatic carbocycles. The summed E-state index contributed by atoms with van der Waals surface area (Å²) in [5.74, 6) is 0.000833. The molecule has 0 aliphatic rings. The molecule has 0 spiro atoms. The summed E-state index contributed by atoms with van der Waals surface area (Å²) < 4.78 is 14.8. The Kier molecular flexibility index (Phi) is 5.02. The zero-order valence-corrected chi connectivity index (χ0v) is 14.0. The fraction of sp³-hybridized carbons (Fsp3) is 0.0625. The predicted octanol–water partition coefficient (Wildman–Crippen LogP) is 3.93. The van der Waals surface area contributed by atoms with Gasteiger partial charge in [-0.05, 0) is 42.0 Å². The molecule has 24 heavy (non-hydrogen) atoms. The second-order valence-corrected chi connectivity index (χ2v) is 5.76. The molecule has 0 radical (unpaired) electrons. The Morgan fingerprint density at radius 1 is 1.17 bits per heavy atom. The van der Waals surface area contributed by atoms with Gasteiger partial charge < -0.3 is 5.32 Å². The molecule has 0 bridgehead atoms. The highest BCUT2D eigenvalue weighted by atomic mass is 35.5. The van der Waals surface area contributed by atoms with Gasteiger partial charge in [0.15, 0.2) is 5.11 Å². The van der Waals surface area contributed by atoms with E-state index in [4.69, 9.17) is 23.8 Å². The fourth-order valence-electron chi connectivity index (χ4n) is 2.06. The Morgan fingerprint density at radius 2 is 2.00 bits per heavy atom. The average molecular weight is 362 g/mol. The summed E-state index contributed by atoms with van der Waals surface area (Å²) in [4.78, 5) is 4.14. The molecule has 3 aromatic rings. The number of aromatic nitrogens is 3. The van der Waals surface area contributed by atoms with Crippen LogP contribution >= 0.6 is 23.8 Å². The maximum Gasteiger partial charge on any atom is 0.248 e. The molecular weight excluding hydrogens is 349 g/mol. The van der Waals surface area contributed by atoms with E-state index in [1.54, 1.807) is 23.1 Å². The van der Waals surface area contributed by atoms with E-state index in [2.05, 4.69) is 20.7 Å². The van der Waals surface area contributed by atoms with Gasteiger partial charge in [0.05, 0.1) is 6.54 Å². The van der Waals surface area contributed by atoms with Gasteiger partial charge in [0, 0.05) is 10.7 Å². The number of nitrogens with zero attached hydrogens (tertiary/aromatic N) is 3. The lowest BCUT2D eigenvalue weighted by atomic mass is 10.2. The zero-order valence-electron chi connectivity index (χ0n) is 12.4. The molecule has 0 aliphatic heterocycles. The third kappa shape index (κ3) is 4.27. The lowest BCUT2D eigenvalue weighted by Gasteiger charge is -2.07. The first-order chi connectivity index (χ1) is 11.6. The van der Waals surface area contributed by atoms with E-state index in [0.29, 0.717) is 23.2 Å². The van der Waals surface area contributed by atoms with E-state index >= 15 is 0 Å². The Balaban J connectivity index is 1.61. The van der Waals surface area contributed by atoms with Gasteiger partial charge in [-0.15, -0.1) is 5.10 Å². The molecule has 2 aromatic carbocycles. The molecule has 0 unspecified atom stereocenters. The highest BCUT2D eigenvalue weighted by Crippen LogP contribution is 2.16. The maximum absolute atomic E-state index is 13.1. The van der Waals surface area contributed by atoms with Crippen LogP contribution < -0.4 is 10.6 Å². The average Bonchev–Trinajstić information content (AvgIpc) is 2.96.